The minimum Gasteiger partial charge on any atom is -0.314 e. The van der Waals surface area contributed by atoms with Crippen LogP contribution in [0.5, 0.6) is 0 Å². The molecule has 1 aromatic carbocycles. The summed E-state index contributed by atoms with van der Waals surface area (Å²) in [6.07, 6.45) is 2.06. The lowest BCUT2D eigenvalue weighted by atomic mass is 10.1. The molecule has 3 heteroatoms. The zero-order valence-electron chi connectivity index (χ0n) is 9.19. The topological polar surface area (TPSA) is 12.0 Å². The highest BCUT2D eigenvalue weighted by molar-refractivity contribution is 6.33. The summed E-state index contributed by atoms with van der Waals surface area (Å²) in [5.41, 5.74) is 1.11. The zero-order valence-corrected chi connectivity index (χ0v) is 10.7. The van der Waals surface area contributed by atoms with Crippen LogP contribution in [0.25, 0.3) is 0 Å². The summed E-state index contributed by atoms with van der Waals surface area (Å²) in [7, 11) is 0. The minimum absolute atomic E-state index is 0.558. The Morgan fingerprint density at radius 2 is 2.07 bits per heavy atom. The molecule has 0 saturated carbocycles. The van der Waals surface area contributed by atoms with Crippen molar-refractivity contribution in [2.45, 2.75) is 32.7 Å². The van der Waals surface area contributed by atoms with Crippen molar-refractivity contribution in [1.82, 2.24) is 5.32 Å². The van der Waals surface area contributed by atoms with Gasteiger partial charge in [-0.05, 0) is 50.1 Å². The first-order valence-electron chi connectivity index (χ1n) is 5.30. The van der Waals surface area contributed by atoms with E-state index < -0.39 is 0 Å². The van der Waals surface area contributed by atoms with Gasteiger partial charge in [0.2, 0.25) is 0 Å². The van der Waals surface area contributed by atoms with Crippen LogP contribution in [0.3, 0.4) is 0 Å². The Balaban J connectivity index is 2.46. The van der Waals surface area contributed by atoms with Crippen LogP contribution in [-0.2, 0) is 6.42 Å². The quantitative estimate of drug-likeness (QED) is 0.830. The number of halogens is 2. The third-order valence-corrected chi connectivity index (χ3v) is 3.11. The monoisotopic (exact) mass is 245 g/mol. The Labute approximate surface area is 102 Å². The predicted molar refractivity (Wildman–Crippen MR) is 67.9 cm³/mol. The van der Waals surface area contributed by atoms with Gasteiger partial charge in [0.1, 0.15) is 0 Å². The molecule has 0 spiro atoms. The normalized spacial score (nSPS) is 12.8. The van der Waals surface area contributed by atoms with E-state index in [1.54, 1.807) is 0 Å². The molecule has 1 N–H and O–H groups in total. The summed E-state index contributed by atoms with van der Waals surface area (Å²) >= 11 is 12.0. The second-order valence-electron chi connectivity index (χ2n) is 3.75. The van der Waals surface area contributed by atoms with Gasteiger partial charge in [0, 0.05) is 16.1 Å². The van der Waals surface area contributed by atoms with Gasteiger partial charge in [-0.15, -0.1) is 0 Å². The van der Waals surface area contributed by atoms with Crippen LogP contribution >= 0.6 is 23.2 Å². The Kier molecular flexibility index (Phi) is 5.44. The van der Waals surface area contributed by atoms with Gasteiger partial charge in [0.25, 0.3) is 0 Å². The lowest BCUT2D eigenvalue weighted by Crippen LogP contribution is -2.27. The maximum absolute atomic E-state index is 6.06. The average Bonchev–Trinajstić information content (AvgIpc) is 2.23. The molecule has 1 atom stereocenters. The van der Waals surface area contributed by atoms with Crippen molar-refractivity contribution in [3.63, 3.8) is 0 Å². The molecule has 0 aliphatic rings. The van der Waals surface area contributed by atoms with Crippen LogP contribution in [-0.4, -0.2) is 12.6 Å². The fourth-order valence-electron chi connectivity index (χ4n) is 1.33. The third-order valence-electron chi connectivity index (χ3n) is 2.51. The molecular formula is C12H17Cl2N. The maximum atomic E-state index is 6.06. The van der Waals surface area contributed by atoms with E-state index in [1.165, 1.54) is 0 Å². The molecule has 0 fully saturated rings. The van der Waals surface area contributed by atoms with E-state index in [-0.39, 0.29) is 0 Å². The average molecular weight is 246 g/mol. The fourth-order valence-corrected chi connectivity index (χ4v) is 1.74. The van der Waals surface area contributed by atoms with E-state index in [2.05, 4.69) is 19.2 Å². The number of benzene rings is 1. The highest BCUT2D eigenvalue weighted by Gasteiger charge is 2.02. The van der Waals surface area contributed by atoms with Gasteiger partial charge in [-0.3, -0.25) is 0 Å². The standard InChI is InChI=1S/C12H17Cl2N/c1-3-9(2)15-7-6-10-8-11(13)4-5-12(10)14/h4-5,8-9,15H,3,6-7H2,1-2H3. The number of hydrogen-bond donors (Lipinski definition) is 1. The SMILES string of the molecule is CCC(C)NCCc1cc(Cl)ccc1Cl. The molecule has 0 heterocycles. The van der Waals surface area contributed by atoms with Gasteiger partial charge in [0.15, 0.2) is 0 Å². The highest BCUT2D eigenvalue weighted by Crippen LogP contribution is 2.20. The molecular weight excluding hydrogens is 229 g/mol. The molecule has 0 amide bonds. The van der Waals surface area contributed by atoms with Crippen LogP contribution in [0.1, 0.15) is 25.8 Å². The van der Waals surface area contributed by atoms with Gasteiger partial charge in [-0.25, -0.2) is 0 Å². The van der Waals surface area contributed by atoms with Crippen molar-refractivity contribution >= 4 is 23.2 Å². The van der Waals surface area contributed by atoms with Crippen molar-refractivity contribution in [1.29, 1.82) is 0 Å². The number of rotatable bonds is 5. The summed E-state index contributed by atoms with van der Waals surface area (Å²) in [6, 6.07) is 6.16. The third kappa shape index (κ3) is 4.42. The van der Waals surface area contributed by atoms with Crippen LogP contribution in [0.4, 0.5) is 0 Å². The molecule has 1 unspecified atom stereocenters. The lowest BCUT2D eigenvalue weighted by molar-refractivity contribution is 0.537. The van der Waals surface area contributed by atoms with Gasteiger partial charge in [-0.2, -0.15) is 0 Å². The first-order chi connectivity index (χ1) is 7.13. The van der Waals surface area contributed by atoms with Crippen molar-refractivity contribution in [3.05, 3.63) is 33.8 Å². The Morgan fingerprint density at radius 3 is 2.73 bits per heavy atom. The molecule has 0 aliphatic carbocycles. The molecule has 0 radical (unpaired) electrons. The Bertz CT molecular complexity index is 312. The first kappa shape index (κ1) is 12.8. The second-order valence-corrected chi connectivity index (χ2v) is 4.59. The van der Waals surface area contributed by atoms with E-state index in [4.69, 9.17) is 23.2 Å². The Morgan fingerprint density at radius 1 is 1.33 bits per heavy atom. The molecule has 1 aromatic rings. The second kappa shape index (κ2) is 6.37. The predicted octanol–water partition coefficient (Wildman–Crippen LogP) is 3.92. The molecule has 84 valence electrons. The van der Waals surface area contributed by atoms with Gasteiger partial charge < -0.3 is 5.32 Å². The van der Waals surface area contributed by atoms with E-state index in [0.717, 1.165) is 35.0 Å². The zero-order chi connectivity index (χ0) is 11.3. The molecule has 1 rings (SSSR count). The van der Waals surface area contributed by atoms with Crippen molar-refractivity contribution in [2.24, 2.45) is 0 Å². The summed E-state index contributed by atoms with van der Waals surface area (Å²) in [5.74, 6) is 0. The number of hydrogen-bond acceptors (Lipinski definition) is 1. The summed E-state index contributed by atoms with van der Waals surface area (Å²) in [6.45, 7) is 5.29. The van der Waals surface area contributed by atoms with E-state index in [9.17, 15) is 0 Å². The maximum Gasteiger partial charge on any atom is 0.0439 e. The van der Waals surface area contributed by atoms with E-state index in [0.29, 0.717) is 6.04 Å². The smallest absolute Gasteiger partial charge is 0.0439 e. The van der Waals surface area contributed by atoms with E-state index >= 15 is 0 Å². The molecule has 0 aliphatic heterocycles. The summed E-state index contributed by atoms with van der Waals surface area (Å²) < 4.78 is 0. The first-order valence-corrected chi connectivity index (χ1v) is 6.06. The lowest BCUT2D eigenvalue weighted by Gasteiger charge is -2.11. The Hall–Kier alpha value is -0.240. The molecule has 15 heavy (non-hydrogen) atoms. The highest BCUT2D eigenvalue weighted by atomic mass is 35.5. The van der Waals surface area contributed by atoms with Gasteiger partial charge >= 0.3 is 0 Å². The van der Waals surface area contributed by atoms with Gasteiger partial charge in [0.05, 0.1) is 0 Å². The van der Waals surface area contributed by atoms with Crippen LogP contribution in [0.15, 0.2) is 18.2 Å². The van der Waals surface area contributed by atoms with Crippen LogP contribution in [0, 0.1) is 0 Å². The summed E-state index contributed by atoms with van der Waals surface area (Å²) in [4.78, 5) is 0. The molecule has 1 nitrogen and oxygen atoms in total. The fraction of sp³-hybridized carbons (Fsp3) is 0.500. The van der Waals surface area contributed by atoms with Crippen LogP contribution in [0.2, 0.25) is 10.0 Å². The van der Waals surface area contributed by atoms with Crippen LogP contribution < -0.4 is 5.32 Å². The molecule has 0 bridgehead atoms. The largest absolute Gasteiger partial charge is 0.314 e. The minimum atomic E-state index is 0.558. The van der Waals surface area contributed by atoms with E-state index in [1.807, 2.05) is 18.2 Å². The van der Waals surface area contributed by atoms with Crippen molar-refractivity contribution < 1.29 is 0 Å². The summed E-state index contributed by atoms with van der Waals surface area (Å²) in [5, 5.41) is 4.97. The van der Waals surface area contributed by atoms with Crippen molar-refractivity contribution in [2.75, 3.05) is 6.54 Å². The molecule has 0 saturated heterocycles. The van der Waals surface area contributed by atoms with Crippen molar-refractivity contribution in [3.8, 4) is 0 Å². The van der Waals surface area contributed by atoms with Gasteiger partial charge in [-0.1, -0.05) is 30.1 Å². The number of nitrogens with one attached hydrogen (secondary N) is 1. The molecule has 0 aromatic heterocycles.